The van der Waals surface area contributed by atoms with E-state index in [0.717, 1.165) is 18.5 Å². The molecule has 116 valence electrons. The molecular formula is C18H29N3. The Hall–Kier alpha value is -0.900. The average Bonchev–Trinajstić information content (AvgIpc) is 2.71. The third kappa shape index (κ3) is 4.29. The van der Waals surface area contributed by atoms with E-state index in [9.17, 15) is 0 Å². The van der Waals surface area contributed by atoms with Crippen LogP contribution < -0.4 is 5.32 Å². The van der Waals surface area contributed by atoms with Crippen molar-refractivity contribution in [1.82, 2.24) is 15.1 Å². The van der Waals surface area contributed by atoms with Crippen molar-refractivity contribution in [2.45, 2.75) is 32.4 Å². The second-order valence-electron chi connectivity index (χ2n) is 6.82. The van der Waals surface area contributed by atoms with Gasteiger partial charge in [0.25, 0.3) is 0 Å². The fourth-order valence-corrected chi connectivity index (χ4v) is 3.81. The molecule has 2 heterocycles. The van der Waals surface area contributed by atoms with E-state index in [-0.39, 0.29) is 0 Å². The van der Waals surface area contributed by atoms with Gasteiger partial charge in [-0.3, -0.25) is 9.80 Å². The molecule has 2 saturated heterocycles. The molecule has 0 bridgehead atoms. The Kier molecular flexibility index (Phi) is 5.28. The summed E-state index contributed by atoms with van der Waals surface area (Å²) in [6, 6.07) is 11.7. The van der Waals surface area contributed by atoms with E-state index < -0.39 is 0 Å². The molecule has 0 aliphatic carbocycles. The first kappa shape index (κ1) is 15.0. The number of nitrogens with zero attached hydrogens (tertiary/aromatic N) is 2. The minimum Gasteiger partial charge on any atom is -0.315 e. The molecule has 0 spiro atoms. The van der Waals surface area contributed by atoms with Crippen LogP contribution in [0.25, 0.3) is 0 Å². The topological polar surface area (TPSA) is 18.5 Å². The van der Waals surface area contributed by atoms with E-state index in [1.165, 1.54) is 57.7 Å². The van der Waals surface area contributed by atoms with Gasteiger partial charge < -0.3 is 5.32 Å². The van der Waals surface area contributed by atoms with E-state index >= 15 is 0 Å². The number of benzene rings is 1. The Morgan fingerprint density at radius 3 is 2.76 bits per heavy atom. The molecule has 2 aliphatic rings. The minimum absolute atomic E-state index is 0.762. The van der Waals surface area contributed by atoms with Crippen molar-refractivity contribution >= 4 is 0 Å². The Balaban J connectivity index is 1.57. The van der Waals surface area contributed by atoms with Crippen LogP contribution in [0.15, 0.2) is 30.3 Å². The zero-order valence-corrected chi connectivity index (χ0v) is 13.3. The minimum atomic E-state index is 0.762. The number of hydrogen-bond acceptors (Lipinski definition) is 3. The van der Waals surface area contributed by atoms with E-state index in [2.05, 4.69) is 52.4 Å². The largest absolute Gasteiger partial charge is 0.315 e. The molecule has 2 fully saturated rings. The highest BCUT2D eigenvalue weighted by Crippen LogP contribution is 2.17. The van der Waals surface area contributed by atoms with Crippen LogP contribution in [0.4, 0.5) is 0 Å². The van der Waals surface area contributed by atoms with Gasteiger partial charge in [-0.1, -0.05) is 37.3 Å². The Morgan fingerprint density at radius 1 is 1.14 bits per heavy atom. The lowest BCUT2D eigenvalue weighted by Gasteiger charge is -2.34. The summed E-state index contributed by atoms with van der Waals surface area (Å²) in [5, 5.41) is 3.56. The average molecular weight is 287 g/mol. The molecule has 0 saturated carbocycles. The van der Waals surface area contributed by atoms with Crippen LogP contribution in [0.1, 0.15) is 25.3 Å². The summed E-state index contributed by atoms with van der Waals surface area (Å²) in [6.45, 7) is 10.8. The summed E-state index contributed by atoms with van der Waals surface area (Å²) >= 11 is 0. The molecule has 2 aliphatic heterocycles. The Labute approximate surface area is 129 Å². The van der Waals surface area contributed by atoms with Crippen LogP contribution in [0, 0.1) is 5.92 Å². The summed E-state index contributed by atoms with van der Waals surface area (Å²) < 4.78 is 0. The highest BCUT2D eigenvalue weighted by molar-refractivity contribution is 5.14. The molecule has 3 nitrogen and oxygen atoms in total. The van der Waals surface area contributed by atoms with Crippen molar-refractivity contribution in [2.75, 3.05) is 39.3 Å². The molecule has 0 radical (unpaired) electrons. The van der Waals surface area contributed by atoms with Gasteiger partial charge in [-0.15, -0.1) is 0 Å². The third-order valence-corrected chi connectivity index (χ3v) is 4.86. The van der Waals surface area contributed by atoms with Crippen LogP contribution in [-0.2, 0) is 6.54 Å². The first-order valence-corrected chi connectivity index (χ1v) is 8.52. The Morgan fingerprint density at radius 2 is 2.00 bits per heavy atom. The van der Waals surface area contributed by atoms with Crippen molar-refractivity contribution in [3.63, 3.8) is 0 Å². The van der Waals surface area contributed by atoms with Crippen LogP contribution in [0.5, 0.6) is 0 Å². The molecule has 2 unspecified atom stereocenters. The number of rotatable bonds is 3. The van der Waals surface area contributed by atoms with E-state index in [4.69, 9.17) is 0 Å². The summed E-state index contributed by atoms with van der Waals surface area (Å²) in [4.78, 5) is 5.37. The summed E-state index contributed by atoms with van der Waals surface area (Å²) in [6.07, 6.45) is 2.71. The third-order valence-electron chi connectivity index (χ3n) is 4.86. The lowest BCUT2D eigenvalue weighted by atomic mass is 10.0. The number of piperidine rings is 1. The molecule has 3 heteroatoms. The Bertz CT molecular complexity index is 414. The predicted molar refractivity (Wildman–Crippen MR) is 88.3 cm³/mol. The molecule has 1 aromatic carbocycles. The highest BCUT2D eigenvalue weighted by Gasteiger charge is 2.26. The molecule has 21 heavy (non-hydrogen) atoms. The van der Waals surface area contributed by atoms with Crippen LogP contribution in [0.2, 0.25) is 0 Å². The van der Waals surface area contributed by atoms with Gasteiger partial charge in [0.15, 0.2) is 0 Å². The van der Waals surface area contributed by atoms with Gasteiger partial charge >= 0.3 is 0 Å². The van der Waals surface area contributed by atoms with E-state index in [0.29, 0.717) is 0 Å². The van der Waals surface area contributed by atoms with Gasteiger partial charge in [0.2, 0.25) is 0 Å². The molecular weight excluding hydrogens is 258 g/mol. The van der Waals surface area contributed by atoms with Crippen LogP contribution in [-0.4, -0.2) is 55.1 Å². The smallest absolute Gasteiger partial charge is 0.0234 e. The lowest BCUT2D eigenvalue weighted by molar-refractivity contribution is 0.159. The van der Waals surface area contributed by atoms with Gasteiger partial charge in [-0.2, -0.15) is 0 Å². The lowest BCUT2D eigenvalue weighted by Crippen LogP contribution is -2.47. The fourth-order valence-electron chi connectivity index (χ4n) is 3.81. The molecule has 1 aromatic rings. The summed E-state index contributed by atoms with van der Waals surface area (Å²) in [5.41, 5.74) is 1.44. The van der Waals surface area contributed by atoms with Crippen molar-refractivity contribution in [1.29, 1.82) is 0 Å². The van der Waals surface area contributed by atoms with Gasteiger partial charge in [0.1, 0.15) is 0 Å². The number of hydrogen-bond donors (Lipinski definition) is 1. The highest BCUT2D eigenvalue weighted by atomic mass is 15.2. The maximum Gasteiger partial charge on any atom is 0.0234 e. The van der Waals surface area contributed by atoms with Crippen molar-refractivity contribution in [3.05, 3.63) is 35.9 Å². The number of nitrogens with one attached hydrogen (secondary N) is 1. The maximum atomic E-state index is 3.56. The summed E-state index contributed by atoms with van der Waals surface area (Å²) in [7, 11) is 0. The second kappa shape index (κ2) is 7.39. The molecule has 0 amide bonds. The maximum absolute atomic E-state index is 3.56. The second-order valence-corrected chi connectivity index (χ2v) is 6.82. The first-order chi connectivity index (χ1) is 10.3. The van der Waals surface area contributed by atoms with E-state index in [1.807, 2.05) is 0 Å². The molecule has 2 atom stereocenters. The summed E-state index contributed by atoms with van der Waals surface area (Å²) in [5.74, 6) is 0.762. The van der Waals surface area contributed by atoms with Crippen molar-refractivity contribution < 1.29 is 0 Å². The predicted octanol–water partition coefficient (Wildman–Crippen LogP) is 2.19. The molecule has 1 N–H and O–H groups in total. The van der Waals surface area contributed by atoms with Gasteiger partial charge in [-0.25, -0.2) is 0 Å². The van der Waals surface area contributed by atoms with Gasteiger partial charge in [0.05, 0.1) is 0 Å². The van der Waals surface area contributed by atoms with Crippen molar-refractivity contribution in [2.24, 2.45) is 5.92 Å². The SMILES string of the molecule is CC1CN(Cc2ccccc2)CCN(C2CCCNC2)C1. The quantitative estimate of drug-likeness (QED) is 0.919. The first-order valence-electron chi connectivity index (χ1n) is 8.52. The molecule has 0 aromatic heterocycles. The monoisotopic (exact) mass is 287 g/mol. The zero-order valence-electron chi connectivity index (χ0n) is 13.3. The molecule has 3 rings (SSSR count). The van der Waals surface area contributed by atoms with Gasteiger partial charge in [0, 0.05) is 45.3 Å². The van der Waals surface area contributed by atoms with Gasteiger partial charge in [-0.05, 0) is 30.9 Å². The normalized spacial score (nSPS) is 29.2. The van der Waals surface area contributed by atoms with Crippen LogP contribution >= 0.6 is 0 Å². The van der Waals surface area contributed by atoms with Crippen LogP contribution in [0.3, 0.4) is 0 Å². The zero-order chi connectivity index (χ0) is 14.5. The standard InChI is InChI=1S/C18H29N3/c1-16-13-20(15-17-6-3-2-4-7-17)10-11-21(14-16)18-8-5-9-19-12-18/h2-4,6-7,16,18-19H,5,8-15H2,1H3. The van der Waals surface area contributed by atoms with Crippen molar-refractivity contribution in [3.8, 4) is 0 Å². The fraction of sp³-hybridized carbons (Fsp3) is 0.667. The van der Waals surface area contributed by atoms with E-state index in [1.54, 1.807) is 0 Å².